The third-order valence-electron chi connectivity index (χ3n) is 4.66. The Kier molecular flexibility index (Phi) is 5.00. The van der Waals surface area contributed by atoms with E-state index in [9.17, 15) is 13.2 Å². The monoisotopic (exact) mass is 353 g/mol. The van der Waals surface area contributed by atoms with E-state index in [1.807, 2.05) is 6.92 Å². The van der Waals surface area contributed by atoms with Crippen LogP contribution in [0.5, 0.6) is 0 Å². The van der Waals surface area contributed by atoms with Gasteiger partial charge in [-0.2, -0.15) is 0 Å². The van der Waals surface area contributed by atoms with E-state index in [1.165, 1.54) is 0 Å². The third-order valence-corrected chi connectivity index (χ3v) is 6.42. The molecule has 24 heavy (non-hydrogen) atoms. The maximum atomic E-state index is 12.4. The quantitative estimate of drug-likeness (QED) is 0.764. The van der Waals surface area contributed by atoms with Gasteiger partial charge in [0.25, 0.3) is 0 Å². The van der Waals surface area contributed by atoms with Gasteiger partial charge < -0.3 is 10.2 Å². The molecule has 0 aromatic carbocycles. The van der Waals surface area contributed by atoms with E-state index in [0.717, 1.165) is 26.2 Å². The van der Waals surface area contributed by atoms with Gasteiger partial charge in [-0.15, -0.1) is 0 Å². The minimum atomic E-state index is -2.98. The Morgan fingerprint density at radius 1 is 1.25 bits per heavy atom. The maximum absolute atomic E-state index is 12.4. The Balaban J connectivity index is 1.50. The van der Waals surface area contributed by atoms with Crippen molar-refractivity contribution >= 4 is 21.7 Å². The van der Waals surface area contributed by atoms with Gasteiger partial charge in [0.05, 0.1) is 17.5 Å². The number of nitrogens with zero attached hydrogens (tertiary/aromatic N) is 4. The second-order valence-electron chi connectivity index (χ2n) is 6.36. The van der Waals surface area contributed by atoms with Crippen LogP contribution in [0.25, 0.3) is 0 Å². The van der Waals surface area contributed by atoms with Crippen molar-refractivity contribution in [1.29, 1.82) is 0 Å². The van der Waals surface area contributed by atoms with Crippen LogP contribution in [0.4, 0.5) is 5.95 Å². The molecule has 9 heteroatoms. The number of carbonyl (C=O) groups is 1. The van der Waals surface area contributed by atoms with Crippen LogP contribution in [-0.4, -0.2) is 79.0 Å². The van der Waals surface area contributed by atoms with Gasteiger partial charge in [-0.1, -0.05) is 0 Å². The molecule has 2 unspecified atom stereocenters. The molecule has 0 spiro atoms. The second kappa shape index (κ2) is 7.02. The fourth-order valence-corrected chi connectivity index (χ4v) is 4.83. The minimum absolute atomic E-state index is 0.0601. The number of carbonyl (C=O) groups excluding carboxylic acids is 1. The van der Waals surface area contributed by atoms with Crippen molar-refractivity contribution in [3.05, 3.63) is 18.5 Å². The smallest absolute Gasteiger partial charge is 0.237 e. The molecule has 132 valence electrons. The van der Waals surface area contributed by atoms with Crippen LogP contribution < -0.4 is 10.2 Å². The van der Waals surface area contributed by atoms with Gasteiger partial charge >= 0.3 is 0 Å². The lowest BCUT2D eigenvalue weighted by Crippen LogP contribution is -2.55. The van der Waals surface area contributed by atoms with Gasteiger partial charge in [-0.25, -0.2) is 18.4 Å². The number of hydrogen-bond acceptors (Lipinski definition) is 7. The van der Waals surface area contributed by atoms with Crippen LogP contribution in [0.15, 0.2) is 18.5 Å². The molecule has 2 atom stereocenters. The first-order valence-corrected chi connectivity index (χ1v) is 10.0. The van der Waals surface area contributed by atoms with Crippen LogP contribution in [0.3, 0.4) is 0 Å². The molecule has 3 rings (SSSR count). The Labute approximate surface area is 142 Å². The standard InChI is InChI=1S/C15H23N5O3S/c1-12(14(21)18-13-3-10-24(22,23)11-13)19-6-8-20(9-7-19)15-16-4-2-5-17-15/h2,4-5,12-13H,3,6-11H2,1H3,(H,18,21). The lowest BCUT2D eigenvalue weighted by atomic mass is 10.2. The van der Waals surface area contributed by atoms with Crippen molar-refractivity contribution in [2.45, 2.75) is 25.4 Å². The number of piperazine rings is 1. The molecular formula is C15H23N5O3S. The molecule has 0 saturated carbocycles. The van der Waals surface area contributed by atoms with Crippen molar-refractivity contribution in [3.63, 3.8) is 0 Å². The highest BCUT2D eigenvalue weighted by molar-refractivity contribution is 7.91. The van der Waals surface area contributed by atoms with Gasteiger partial charge in [0.15, 0.2) is 9.84 Å². The molecule has 2 aliphatic rings. The third kappa shape index (κ3) is 4.02. The van der Waals surface area contributed by atoms with Crippen LogP contribution >= 0.6 is 0 Å². The Hall–Kier alpha value is -1.74. The highest BCUT2D eigenvalue weighted by atomic mass is 32.2. The Bertz CT molecular complexity index is 674. The summed E-state index contributed by atoms with van der Waals surface area (Å²) in [6.45, 7) is 4.89. The molecule has 8 nitrogen and oxygen atoms in total. The summed E-state index contributed by atoms with van der Waals surface area (Å²) in [5.74, 6) is 0.846. The predicted octanol–water partition coefficient (Wildman–Crippen LogP) is -0.710. The zero-order chi connectivity index (χ0) is 17.2. The first kappa shape index (κ1) is 17.1. The summed E-state index contributed by atoms with van der Waals surface area (Å²) in [7, 11) is -2.98. The SMILES string of the molecule is CC(C(=O)NC1CCS(=O)(=O)C1)N1CCN(c2ncccn2)CC1. The Morgan fingerprint density at radius 2 is 1.92 bits per heavy atom. The molecule has 1 aromatic heterocycles. The van der Waals surface area contributed by atoms with Crippen LogP contribution in [-0.2, 0) is 14.6 Å². The summed E-state index contributed by atoms with van der Waals surface area (Å²) < 4.78 is 23.0. The highest BCUT2D eigenvalue weighted by Gasteiger charge is 2.32. The van der Waals surface area contributed by atoms with Crippen molar-refractivity contribution in [2.24, 2.45) is 0 Å². The van der Waals surface area contributed by atoms with E-state index >= 15 is 0 Å². The van der Waals surface area contributed by atoms with Crippen molar-refractivity contribution < 1.29 is 13.2 Å². The van der Waals surface area contributed by atoms with Crippen LogP contribution in [0.2, 0.25) is 0 Å². The van der Waals surface area contributed by atoms with Gasteiger partial charge in [-0.05, 0) is 19.4 Å². The molecule has 2 saturated heterocycles. The van der Waals surface area contributed by atoms with E-state index in [-0.39, 0.29) is 29.5 Å². The average molecular weight is 353 g/mol. The first-order chi connectivity index (χ1) is 11.4. The number of nitrogens with one attached hydrogen (secondary N) is 1. The van der Waals surface area contributed by atoms with Crippen molar-refractivity contribution in [3.8, 4) is 0 Å². The Morgan fingerprint density at radius 3 is 2.50 bits per heavy atom. The van der Waals surface area contributed by atoms with Gasteiger partial charge in [-0.3, -0.25) is 9.69 Å². The molecule has 1 amide bonds. The lowest BCUT2D eigenvalue weighted by Gasteiger charge is -2.37. The topological polar surface area (TPSA) is 95.5 Å². The van der Waals surface area contributed by atoms with E-state index in [1.54, 1.807) is 18.5 Å². The number of anilines is 1. The van der Waals surface area contributed by atoms with Crippen molar-refractivity contribution in [1.82, 2.24) is 20.2 Å². The number of hydrogen-bond donors (Lipinski definition) is 1. The van der Waals surface area contributed by atoms with E-state index < -0.39 is 9.84 Å². The summed E-state index contributed by atoms with van der Waals surface area (Å²) in [5.41, 5.74) is 0. The molecule has 1 aromatic rings. The van der Waals surface area contributed by atoms with Gasteiger partial charge in [0, 0.05) is 44.6 Å². The lowest BCUT2D eigenvalue weighted by molar-refractivity contribution is -0.126. The molecular weight excluding hydrogens is 330 g/mol. The molecule has 2 aliphatic heterocycles. The molecule has 1 N–H and O–H groups in total. The number of aromatic nitrogens is 2. The maximum Gasteiger partial charge on any atom is 0.237 e. The predicted molar refractivity (Wildman–Crippen MR) is 90.5 cm³/mol. The first-order valence-electron chi connectivity index (χ1n) is 8.21. The fourth-order valence-electron chi connectivity index (χ4n) is 3.16. The average Bonchev–Trinajstić information content (AvgIpc) is 2.93. The van der Waals surface area contributed by atoms with Crippen LogP contribution in [0.1, 0.15) is 13.3 Å². The summed E-state index contributed by atoms with van der Waals surface area (Å²) in [5, 5.41) is 2.88. The summed E-state index contributed by atoms with van der Waals surface area (Å²) in [6.07, 6.45) is 3.96. The second-order valence-corrected chi connectivity index (χ2v) is 8.59. The zero-order valence-corrected chi connectivity index (χ0v) is 14.6. The molecule has 2 fully saturated rings. The van der Waals surface area contributed by atoms with E-state index in [0.29, 0.717) is 12.4 Å². The van der Waals surface area contributed by atoms with Gasteiger partial charge in [0.2, 0.25) is 11.9 Å². The largest absolute Gasteiger partial charge is 0.351 e. The summed E-state index contributed by atoms with van der Waals surface area (Å²) in [4.78, 5) is 25.1. The number of sulfone groups is 1. The van der Waals surface area contributed by atoms with Crippen molar-refractivity contribution in [2.75, 3.05) is 42.6 Å². The zero-order valence-electron chi connectivity index (χ0n) is 13.8. The van der Waals surface area contributed by atoms with Gasteiger partial charge in [0.1, 0.15) is 0 Å². The van der Waals surface area contributed by atoms with Crippen LogP contribution in [0, 0.1) is 0 Å². The number of rotatable bonds is 4. The highest BCUT2D eigenvalue weighted by Crippen LogP contribution is 2.14. The summed E-state index contributed by atoms with van der Waals surface area (Å²) in [6, 6.07) is 1.27. The summed E-state index contributed by atoms with van der Waals surface area (Å²) >= 11 is 0. The molecule has 3 heterocycles. The van der Waals surface area contributed by atoms with E-state index in [2.05, 4.69) is 25.1 Å². The minimum Gasteiger partial charge on any atom is -0.351 e. The molecule has 0 aliphatic carbocycles. The molecule has 0 radical (unpaired) electrons. The number of amides is 1. The molecule has 0 bridgehead atoms. The van der Waals surface area contributed by atoms with E-state index in [4.69, 9.17) is 0 Å². The normalized spacial score (nSPS) is 25.4. The fraction of sp³-hybridized carbons (Fsp3) is 0.667.